The summed E-state index contributed by atoms with van der Waals surface area (Å²) >= 11 is 0. The molecule has 1 heterocycles. The van der Waals surface area contributed by atoms with Crippen molar-refractivity contribution in [2.24, 2.45) is 0 Å². The first kappa shape index (κ1) is 12.7. The van der Waals surface area contributed by atoms with Gasteiger partial charge in [0.2, 0.25) is 0 Å². The van der Waals surface area contributed by atoms with Gasteiger partial charge in [-0.3, -0.25) is 4.79 Å². The molecule has 3 rings (SSSR count). The van der Waals surface area contributed by atoms with E-state index in [-0.39, 0.29) is 5.91 Å². The van der Waals surface area contributed by atoms with Gasteiger partial charge in [-0.1, -0.05) is 26.0 Å². The number of carbonyl (C=O) groups excluding carboxylic acids is 1. The number of amides is 1. The molecule has 2 aromatic rings. The van der Waals surface area contributed by atoms with Gasteiger partial charge in [0.1, 0.15) is 0 Å². The number of nitrogens with zero attached hydrogens (tertiary/aromatic N) is 1. The van der Waals surface area contributed by atoms with E-state index in [2.05, 4.69) is 26.0 Å². The normalized spacial score (nSPS) is 13.9. The highest BCUT2D eigenvalue weighted by Crippen LogP contribution is 2.30. The van der Waals surface area contributed by atoms with Crippen LogP contribution in [0.4, 0.5) is 11.4 Å². The van der Waals surface area contributed by atoms with Crippen LogP contribution >= 0.6 is 0 Å². The van der Waals surface area contributed by atoms with E-state index in [1.165, 1.54) is 5.56 Å². The van der Waals surface area contributed by atoms with E-state index in [0.29, 0.717) is 18.2 Å². The number of benzene rings is 2. The SMILES string of the molecule is CC(C)c1ccc(N2Cc3cc(N)ccc3C2=O)cc1. The Morgan fingerprint density at radius 3 is 2.45 bits per heavy atom. The summed E-state index contributed by atoms with van der Waals surface area (Å²) in [6.07, 6.45) is 0. The van der Waals surface area contributed by atoms with Crippen molar-refractivity contribution in [1.29, 1.82) is 0 Å². The summed E-state index contributed by atoms with van der Waals surface area (Å²) in [6.45, 7) is 4.92. The smallest absolute Gasteiger partial charge is 0.258 e. The van der Waals surface area contributed by atoms with Crippen molar-refractivity contribution < 1.29 is 4.79 Å². The van der Waals surface area contributed by atoms with Crippen LogP contribution in [0.25, 0.3) is 0 Å². The summed E-state index contributed by atoms with van der Waals surface area (Å²) in [4.78, 5) is 14.2. The van der Waals surface area contributed by atoms with Crippen LogP contribution in [0.2, 0.25) is 0 Å². The number of anilines is 2. The molecule has 20 heavy (non-hydrogen) atoms. The molecule has 0 unspecified atom stereocenters. The maximum absolute atomic E-state index is 12.4. The second-order valence-corrected chi connectivity index (χ2v) is 5.55. The predicted molar refractivity (Wildman–Crippen MR) is 81.9 cm³/mol. The minimum atomic E-state index is 0.0531. The number of fused-ring (bicyclic) bond motifs is 1. The Bertz CT molecular complexity index is 659. The number of hydrogen-bond donors (Lipinski definition) is 1. The lowest BCUT2D eigenvalue weighted by Crippen LogP contribution is -2.22. The third-order valence-electron chi connectivity index (χ3n) is 3.80. The van der Waals surface area contributed by atoms with Crippen LogP contribution in [0.15, 0.2) is 42.5 Å². The molecule has 2 N–H and O–H groups in total. The molecule has 0 saturated carbocycles. The predicted octanol–water partition coefficient (Wildman–Crippen LogP) is 3.55. The molecule has 0 spiro atoms. The van der Waals surface area contributed by atoms with Crippen LogP contribution in [0.5, 0.6) is 0 Å². The second kappa shape index (κ2) is 4.67. The molecule has 0 fully saturated rings. The highest BCUT2D eigenvalue weighted by molar-refractivity contribution is 6.10. The minimum Gasteiger partial charge on any atom is -0.399 e. The molecule has 2 aromatic carbocycles. The monoisotopic (exact) mass is 266 g/mol. The summed E-state index contributed by atoms with van der Waals surface area (Å²) in [6, 6.07) is 13.7. The van der Waals surface area contributed by atoms with Gasteiger partial charge in [-0.25, -0.2) is 0 Å². The van der Waals surface area contributed by atoms with Crippen LogP contribution < -0.4 is 10.6 Å². The van der Waals surface area contributed by atoms with Gasteiger partial charge in [0, 0.05) is 16.9 Å². The van der Waals surface area contributed by atoms with Crippen molar-refractivity contribution in [2.75, 3.05) is 10.6 Å². The lowest BCUT2D eigenvalue weighted by Gasteiger charge is -2.16. The fourth-order valence-electron chi connectivity index (χ4n) is 2.59. The Balaban J connectivity index is 1.92. The van der Waals surface area contributed by atoms with E-state index in [4.69, 9.17) is 5.73 Å². The van der Waals surface area contributed by atoms with Gasteiger partial charge in [0.25, 0.3) is 5.91 Å². The number of nitrogens with two attached hydrogens (primary N) is 1. The van der Waals surface area contributed by atoms with Crippen molar-refractivity contribution in [3.05, 3.63) is 59.2 Å². The van der Waals surface area contributed by atoms with Gasteiger partial charge < -0.3 is 10.6 Å². The van der Waals surface area contributed by atoms with Crippen molar-refractivity contribution in [1.82, 2.24) is 0 Å². The van der Waals surface area contributed by atoms with Crippen LogP contribution in [0.3, 0.4) is 0 Å². The highest BCUT2D eigenvalue weighted by atomic mass is 16.2. The molecule has 0 aromatic heterocycles. The maximum Gasteiger partial charge on any atom is 0.258 e. The third-order valence-corrected chi connectivity index (χ3v) is 3.80. The Morgan fingerprint density at radius 2 is 1.80 bits per heavy atom. The summed E-state index contributed by atoms with van der Waals surface area (Å²) in [5.74, 6) is 0.549. The topological polar surface area (TPSA) is 46.3 Å². The quantitative estimate of drug-likeness (QED) is 0.845. The van der Waals surface area contributed by atoms with Crippen LogP contribution in [0.1, 0.15) is 41.3 Å². The summed E-state index contributed by atoms with van der Waals surface area (Å²) < 4.78 is 0. The molecule has 1 amide bonds. The van der Waals surface area contributed by atoms with Gasteiger partial charge in [0.15, 0.2) is 0 Å². The first-order chi connectivity index (χ1) is 9.56. The molecule has 0 bridgehead atoms. The van der Waals surface area contributed by atoms with Gasteiger partial charge in [-0.2, -0.15) is 0 Å². The molecule has 3 heteroatoms. The van der Waals surface area contributed by atoms with E-state index in [1.54, 1.807) is 11.0 Å². The van der Waals surface area contributed by atoms with E-state index in [0.717, 1.165) is 16.8 Å². The highest BCUT2D eigenvalue weighted by Gasteiger charge is 2.28. The van der Waals surface area contributed by atoms with Gasteiger partial charge >= 0.3 is 0 Å². The van der Waals surface area contributed by atoms with E-state index in [9.17, 15) is 4.79 Å². The zero-order valence-corrected chi connectivity index (χ0v) is 11.8. The van der Waals surface area contributed by atoms with Crippen molar-refractivity contribution >= 4 is 17.3 Å². The van der Waals surface area contributed by atoms with Crippen molar-refractivity contribution in [2.45, 2.75) is 26.3 Å². The average molecular weight is 266 g/mol. The van der Waals surface area contributed by atoms with Gasteiger partial charge in [-0.05, 0) is 47.4 Å². The Labute approximate surface area is 119 Å². The molecule has 3 nitrogen and oxygen atoms in total. The lowest BCUT2D eigenvalue weighted by atomic mass is 10.0. The van der Waals surface area contributed by atoms with Crippen LogP contribution in [0, 0.1) is 0 Å². The van der Waals surface area contributed by atoms with Crippen LogP contribution in [-0.2, 0) is 6.54 Å². The Morgan fingerprint density at radius 1 is 1.10 bits per heavy atom. The molecule has 1 aliphatic rings. The van der Waals surface area contributed by atoms with E-state index >= 15 is 0 Å². The van der Waals surface area contributed by atoms with Gasteiger partial charge in [0.05, 0.1) is 6.54 Å². The van der Waals surface area contributed by atoms with Crippen molar-refractivity contribution in [3.8, 4) is 0 Å². The number of rotatable bonds is 2. The molecule has 0 atom stereocenters. The second-order valence-electron chi connectivity index (χ2n) is 5.55. The van der Waals surface area contributed by atoms with Crippen LogP contribution in [-0.4, -0.2) is 5.91 Å². The Kier molecular flexibility index (Phi) is 2.97. The summed E-state index contributed by atoms with van der Waals surface area (Å²) in [5, 5.41) is 0. The molecule has 1 aliphatic heterocycles. The standard InChI is InChI=1S/C17H18N2O/c1-11(2)12-3-6-15(7-4-12)19-10-13-9-14(18)5-8-16(13)17(19)20/h3-9,11H,10,18H2,1-2H3. The zero-order chi connectivity index (χ0) is 14.3. The molecule has 0 aliphatic carbocycles. The Hall–Kier alpha value is -2.29. The number of hydrogen-bond acceptors (Lipinski definition) is 2. The first-order valence-electron chi connectivity index (χ1n) is 6.86. The lowest BCUT2D eigenvalue weighted by molar-refractivity contribution is 0.0996. The van der Waals surface area contributed by atoms with Gasteiger partial charge in [-0.15, -0.1) is 0 Å². The molecule has 0 radical (unpaired) electrons. The molecular weight excluding hydrogens is 248 g/mol. The summed E-state index contributed by atoms with van der Waals surface area (Å²) in [5.41, 5.74) is 10.5. The number of nitrogen functional groups attached to an aromatic ring is 1. The molecule has 0 saturated heterocycles. The fraction of sp³-hybridized carbons (Fsp3) is 0.235. The first-order valence-corrected chi connectivity index (χ1v) is 6.86. The number of carbonyl (C=O) groups is 1. The van der Waals surface area contributed by atoms with Crippen molar-refractivity contribution in [3.63, 3.8) is 0 Å². The maximum atomic E-state index is 12.4. The third kappa shape index (κ3) is 2.05. The minimum absolute atomic E-state index is 0.0531. The molecule has 102 valence electrons. The largest absolute Gasteiger partial charge is 0.399 e. The van der Waals surface area contributed by atoms with E-state index < -0.39 is 0 Å². The zero-order valence-electron chi connectivity index (χ0n) is 11.8. The molecular formula is C17H18N2O. The fourth-order valence-corrected chi connectivity index (χ4v) is 2.59. The average Bonchev–Trinajstić information content (AvgIpc) is 2.75. The van der Waals surface area contributed by atoms with E-state index in [1.807, 2.05) is 24.3 Å². The summed E-state index contributed by atoms with van der Waals surface area (Å²) in [7, 11) is 0.